The normalized spacial score (nSPS) is 14.1. The van der Waals surface area contributed by atoms with Gasteiger partial charge in [0.25, 0.3) is 0 Å². The van der Waals surface area contributed by atoms with E-state index in [2.05, 4.69) is 15.9 Å². The zero-order valence-electron chi connectivity index (χ0n) is 10.5. The van der Waals surface area contributed by atoms with Crippen LogP contribution in [0.2, 0.25) is 0 Å². The summed E-state index contributed by atoms with van der Waals surface area (Å²) < 4.78 is 11.1. The Morgan fingerprint density at radius 1 is 1.26 bits per heavy atom. The van der Waals surface area contributed by atoms with Crippen LogP contribution in [0, 0.1) is 0 Å². The Hall–Kier alpha value is -1.30. The lowest BCUT2D eigenvalue weighted by molar-refractivity contribution is 0.120. The van der Waals surface area contributed by atoms with E-state index in [4.69, 9.17) is 14.9 Å². The van der Waals surface area contributed by atoms with E-state index in [1.807, 2.05) is 24.3 Å². The molecular formula is C14H16BrNO3. The Morgan fingerprint density at radius 3 is 2.42 bits per heavy atom. The van der Waals surface area contributed by atoms with Gasteiger partial charge >= 0.3 is 0 Å². The summed E-state index contributed by atoms with van der Waals surface area (Å²) in [5.74, 6) is 1.05. The molecule has 2 unspecified atom stereocenters. The third kappa shape index (κ3) is 3.18. The molecule has 0 aliphatic rings. The van der Waals surface area contributed by atoms with E-state index >= 15 is 0 Å². The number of hydrogen-bond acceptors (Lipinski definition) is 4. The summed E-state index contributed by atoms with van der Waals surface area (Å²) in [6.07, 6.45) is -0.773. The summed E-state index contributed by atoms with van der Waals surface area (Å²) in [4.78, 5) is 0. The van der Waals surface area contributed by atoms with Crippen molar-refractivity contribution in [2.45, 2.75) is 12.0 Å². The molecule has 2 aromatic rings. The molecule has 0 aliphatic heterocycles. The molecule has 0 aliphatic carbocycles. The van der Waals surface area contributed by atoms with Crippen LogP contribution in [0.15, 0.2) is 45.5 Å². The molecule has 0 spiro atoms. The van der Waals surface area contributed by atoms with Gasteiger partial charge in [0, 0.05) is 12.5 Å². The van der Waals surface area contributed by atoms with E-state index < -0.39 is 6.10 Å². The molecule has 1 aromatic carbocycles. The minimum absolute atomic E-state index is 0.219. The Balaban J connectivity index is 2.23. The maximum Gasteiger partial charge on any atom is 0.169 e. The average Bonchev–Trinajstić information content (AvgIpc) is 2.87. The third-order valence-electron chi connectivity index (χ3n) is 3.06. The number of rotatable bonds is 5. The monoisotopic (exact) mass is 325 g/mol. The van der Waals surface area contributed by atoms with Crippen molar-refractivity contribution in [1.29, 1.82) is 0 Å². The number of furan rings is 1. The Bertz CT molecular complexity index is 524. The molecule has 5 heteroatoms. The average molecular weight is 326 g/mol. The van der Waals surface area contributed by atoms with E-state index in [9.17, 15) is 5.11 Å². The molecule has 102 valence electrons. The first-order valence-corrected chi connectivity index (χ1v) is 6.72. The van der Waals surface area contributed by atoms with Gasteiger partial charge in [-0.25, -0.2) is 0 Å². The van der Waals surface area contributed by atoms with Gasteiger partial charge in [-0.1, -0.05) is 12.1 Å². The SMILES string of the molecule is COc1ccc(C(CN)C(O)c2ccc(Br)o2)cc1. The number of nitrogens with two attached hydrogens (primary N) is 1. The fraction of sp³-hybridized carbons (Fsp3) is 0.286. The van der Waals surface area contributed by atoms with Crippen LogP contribution in [-0.4, -0.2) is 18.8 Å². The van der Waals surface area contributed by atoms with Crippen molar-refractivity contribution in [2.24, 2.45) is 5.73 Å². The van der Waals surface area contributed by atoms with Gasteiger partial charge in [-0.3, -0.25) is 0 Å². The topological polar surface area (TPSA) is 68.6 Å². The molecule has 2 atom stereocenters. The molecule has 4 nitrogen and oxygen atoms in total. The van der Waals surface area contributed by atoms with Crippen LogP contribution in [0.3, 0.4) is 0 Å². The molecule has 0 amide bonds. The lowest BCUT2D eigenvalue weighted by atomic mass is 9.92. The van der Waals surface area contributed by atoms with E-state index in [0.717, 1.165) is 11.3 Å². The van der Waals surface area contributed by atoms with Gasteiger partial charge in [0.15, 0.2) is 4.67 Å². The Labute approximate surface area is 120 Å². The van der Waals surface area contributed by atoms with Crippen molar-refractivity contribution in [3.8, 4) is 5.75 Å². The van der Waals surface area contributed by atoms with E-state index in [1.165, 1.54) is 0 Å². The first-order valence-electron chi connectivity index (χ1n) is 5.93. The molecule has 1 heterocycles. The number of methoxy groups -OCH3 is 1. The summed E-state index contributed by atoms with van der Waals surface area (Å²) in [6, 6.07) is 11.0. The number of hydrogen-bond donors (Lipinski definition) is 2. The second-order valence-electron chi connectivity index (χ2n) is 4.20. The first kappa shape index (κ1) is 14.1. The number of halogens is 1. The van der Waals surface area contributed by atoms with Crippen LogP contribution in [0.1, 0.15) is 23.3 Å². The van der Waals surface area contributed by atoms with Gasteiger partial charge < -0.3 is 20.0 Å². The highest BCUT2D eigenvalue weighted by atomic mass is 79.9. The van der Waals surface area contributed by atoms with Crippen molar-refractivity contribution in [2.75, 3.05) is 13.7 Å². The number of benzene rings is 1. The molecule has 0 saturated carbocycles. The highest BCUT2D eigenvalue weighted by Gasteiger charge is 2.24. The second kappa shape index (κ2) is 6.23. The molecular weight excluding hydrogens is 310 g/mol. The van der Waals surface area contributed by atoms with Crippen LogP contribution >= 0.6 is 15.9 Å². The standard InChI is InChI=1S/C14H16BrNO3/c1-18-10-4-2-9(3-5-10)11(8-16)14(17)12-6-7-13(15)19-12/h2-7,11,14,17H,8,16H2,1H3. The van der Waals surface area contributed by atoms with Crippen molar-refractivity contribution >= 4 is 15.9 Å². The summed E-state index contributed by atoms with van der Waals surface area (Å²) in [7, 11) is 1.62. The van der Waals surface area contributed by atoms with Crippen LogP contribution in [0.4, 0.5) is 0 Å². The number of aliphatic hydroxyl groups is 1. The largest absolute Gasteiger partial charge is 0.497 e. The molecule has 0 saturated heterocycles. The molecule has 0 bridgehead atoms. The maximum atomic E-state index is 10.3. The third-order valence-corrected chi connectivity index (χ3v) is 3.49. The van der Waals surface area contributed by atoms with E-state index in [1.54, 1.807) is 19.2 Å². The smallest absolute Gasteiger partial charge is 0.169 e. The molecule has 2 rings (SSSR count). The van der Waals surface area contributed by atoms with Crippen LogP contribution in [0.5, 0.6) is 5.75 Å². The quantitative estimate of drug-likeness (QED) is 0.886. The van der Waals surface area contributed by atoms with Crippen LogP contribution < -0.4 is 10.5 Å². The predicted molar refractivity (Wildman–Crippen MR) is 76.2 cm³/mol. The van der Waals surface area contributed by atoms with Gasteiger partial charge in [0.2, 0.25) is 0 Å². The summed E-state index contributed by atoms with van der Waals surface area (Å²) in [5.41, 5.74) is 6.72. The summed E-state index contributed by atoms with van der Waals surface area (Å²) in [5, 5.41) is 10.3. The van der Waals surface area contributed by atoms with Crippen molar-refractivity contribution < 1.29 is 14.3 Å². The highest BCUT2D eigenvalue weighted by Crippen LogP contribution is 2.32. The molecule has 3 N–H and O–H groups in total. The van der Waals surface area contributed by atoms with Gasteiger partial charge in [-0.2, -0.15) is 0 Å². The highest BCUT2D eigenvalue weighted by molar-refractivity contribution is 9.10. The molecule has 0 radical (unpaired) electrons. The first-order chi connectivity index (χ1) is 9.15. The zero-order chi connectivity index (χ0) is 13.8. The lowest BCUT2D eigenvalue weighted by Gasteiger charge is -2.20. The molecule has 19 heavy (non-hydrogen) atoms. The lowest BCUT2D eigenvalue weighted by Crippen LogP contribution is -2.19. The zero-order valence-corrected chi connectivity index (χ0v) is 12.1. The van der Waals surface area contributed by atoms with E-state index in [0.29, 0.717) is 17.0 Å². The minimum atomic E-state index is -0.773. The van der Waals surface area contributed by atoms with Gasteiger partial charge in [0.05, 0.1) is 7.11 Å². The van der Waals surface area contributed by atoms with Crippen LogP contribution in [0.25, 0.3) is 0 Å². The van der Waals surface area contributed by atoms with Crippen molar-refractivity contribution in [3.05, 3.63) is 52.4 Å². The van der Waals surface area contributed by atoms with Crippen LogP contribution in [-0.2, 0) is 0 Å². The fourth-order valence-corrected chi connectivity index (χ4v) is 2.30. The fourth-order valence-electron chi connectivity index (χ4n) is 1.98. The maximum absolute atomic E-state index is 10.3. The van der Waals surface area contributed by atoms with E-state index in [-0.39, 0.29) is 5.92 Å². The van der Waals surface area contributed by atoms with Crippen molar-refractivity contribution in [3.63, 3.8) is 0 Å². The molecule has 0 fully saturated rings. The minimum Gasteiger partial charge on any atom is -0.497 e. The second-order valence-corrected chi connectivity index (χ2v) is 4.98. The Kier molecular flexibility index (Phi) is 4.63. The predicted octanol–water partition coefficient (Wildman–Crippen LogP) is 2.83. The van der Waals surface area contributed by atoms with Crippen molar-refractivity contribution in [1.82, 2.24) is 0 Å². The molecule has 1 aromatic heterocycles. The number of ether oxygens (including phenoxy) is 1. The Morgan fingerprint density at radius 2 is 1.95 bits per heavy atom. The van der Waals surface area contributed by atoms with Gasteiger partial charge in [0.1, 0.15) is 17.6 Å². The summed E-state index contributed by atoms with van der Waals surface area (Å²) >= 11 is 3.22. The number of aliphatic hydroxyl groups excluding tert-OH is 1. The van der Waals surface area contributed by atoms with Gasteiger partial charge in [-0.05, 0) is 45.8 Å². The summed E-state index contributed by atoms with van der Waals surface area (Å²) in [6.45, 7) is 0.325. The van der Waals surface area contributed by atoms with Gasteiger partial charge in [-0.15, -0.1) is 0 Å².